The third kappa shape index (κ3) is 3.69. The highest BCUT2D eigenvalue weighted by Crippen LogP contribution is 2.27. The standard InChI is InChI=1S/C19H17ClN6O/c20-13-5-4-6-14(11-13)23-17-16-12-22-26(15-7-2-1-3-8-15)18(16)25-19(24-17)21-9-10-27/h1-8,11-12,27H,9-10H2,(H2,21,23,24,25). The van der Waals surface area contributed by atoms with E-state index in [4.69, 9.17) is 16.7 Å². The molecule has 4 rings (SSSR count). The van der Waals surface area contributed by atoms with Gasteiger partial charge in [-0.1, -0.05) is 35.9 Å². The average Bonchev–Trinajstić information content (AvgIpc) is 3.11. The SMILES string of the molecule is OCCNc1nc(Nc2cccc(Cl)c2)c2cnn(-c3ccccc3)c2n1. The number of halogens is 1. The van der Waals surface area contributed by atoms with Gasteiger partial charge in [-0.15, -0.1) is 0 Å². The molecular formula is C19H17ClN6O. The van der Waals surface area contributed by atoms with Crippen LogP contribution < -0.4 is 10.6 Å². The molecule has 3 N–H and O–H groups in total. The van der Waals surface area contributed by atoms with Crippen LogP contribution in [-0.2, 0) is 0 Å². The molecule has 0 aliphatic heterocycles. The largest absolute Gasteiger partial charge is 0.395 e. The van der Waals surface area contributed by atoms with Gasteiger partial charge in [0.25, 0.3) is 0 Å². The molecular weight excluding hydrogens is 364 g/mol. The summed E-state index contributed by atoms with van der Waals surface area (Å²) in [6, 6.07) is 17.1. The second-order valence-electron chi connectivity index (χ2n) is 5.81. The highest BCUT2D eigenvalue weighted by Gasteiger charge is 2.14. The molecule has 0 saturated heterocycles. The monoisotopic (exact) mass is 380 g/mol. The van der Waals surface area contributed by atoms with Gasteiger partial charge in [0.15, 0.2) is 5.65 Å². The molecule has 136 valence electrons. The van der Waals surface area contributed by atoms with Crippen molar-refractivity contribution in [2.75, 3.05) is 23.8 Å². The van der Waals surface area contributed by atoms with E-state index in [1.165, 1.54) is 0 Å². The van der Waals surface area contributed by atoms with E-state index in [9.17, 15) is 0 Å². The number of aromatic nitrogens is 4. The van der Waals surface area contributed by atoms with Gasteiger partial charge < -0.3 is 15.7 Å². The molecule has 0 saturated carbocycles. The second kappa shape index (κ2) is 7.61. The summed E-state index contributed by atoms with van der Waals surface area (Å²) < 4.78 is 1.75. The maximum absolute atomic E-state index is 9.10. The zero-order valence-corrected chi connectivity index (χ0v) is 15.1. The van der Waals surface area contributed by atoms with Crippen LogP contribution >= 0.6 is 11.6 Å². The van der Waals surface area contributed by atoms with Gasteiger partial charge in [0.1, 0.15) is 5.82 Å². The fourth-order valence-corrected chi connectivity index (χ4v) is 2.90. The number of nitrogens with one attached hydrogen (secondary N) is 2. The van der Waals surface area contributed by atoms with Crippen LogP contribution in [0.2, 0.25) is 5.02 Å². The first-order valence-corrected chi connectivity index (χ1v) is 8.81. The maximum Gasteiger partial charge on any atom is 0.226 e. The molecule has 27 heavy (non-hydrogen) atoms. The fraction of sp³-hybridized carbons (Fsp3) is 0.105. The van der Waals surface area contributed by atoms with Crippen LogP contribution in [0.1, 0.15) is 0 Å². The molecule has 0 bridgehead atoms. The van der Waals surface area contributed by atoms with Crippen LogP contribution in [0.15, 0.2) is 60.8 Å². The Hall–Kier alpha value is -3.16. The van der Waals surface area contributed by atoms with Crippen molar-refractivity contribution in [2.24, 2.45) is 0 Å². The first kappa shape index (κ1) is 17.3. The Kier molecular flexibility index (Phi) is 4.86. The number of fused-ring (bicyclic) bond motifs is 1. The molecule has 0 spiro atoms. The van der Waals surface area contributed by atoms with Crippen molar-refractivity contribution in [2.45, 2.75) is 0 Å². The first-order chi connectivity index (χ1) is 13.2. The topological polar surface area (TPSA) is 87.9 Å². The van der Waals surface area contributed by atoms with Gasteiger partial charge in [-0.2, -0.15) is 15.1 Å². The lowest BCUT2D eigenvalue weighted by Crippen LogP contribution is -2.10. The molecule has 0 fully saturated rings. The number of benzene rings is 2. The number of anilines is 3. The first-order valence-electron chi connectivity index (χ1n) is 8.43. The number of para-hydroxylation sites is 1. The molecule has 0 aliphatic carbocycles. The Balaban J connectivity index is 1.83. The summed E-state index contributed by atoms with van der Waals surface area (Å²) in [5.41, 5.74) is 2.36. The molecule has 2 aromatic heterocycles. The van der Waals surface area contributed by atoms with Gasteiger partial charge in [-0.05, 0) is 30.3 Å². The molecule has 7 nitrogen and oxygen atoms in total. The third-order valence-corrected chi connectivity index (χ3v) is 4.15. The number of aliphatic hydroxyl groups is 1. The summed E-state index contributed by atoms with van der Waals surface area (Å²) in [6.07, 6.45) is 1.73. The fourth-order valence-electron chi connectivity index (χ4n) is 2.71. The number of aliphatic hydroxyl groups excluding tert-OH is 1. The molecule has 8 heteroatoms. The average molecular weight is 381 g/mol. The summed E-state index contributed by atoms with van der Waals surface area (Å²) in [4.78, 5) is 9.10. The van der Waals surface area contributed by atoms with Gasteiger partial charge in [0, 0.05) is 17.3 Å². The lowest BCUT2D eigenvalue weighted by molar-refractivity contribution is 0.311. The van der Waals surface area contributed by atoms with Gasteiger partial charge in [0.2, 0.25) is 5.95 Å². The molecule has 0 aliphatic rings. The van der Waals surface area contributed by atoms with Crippen LogP contribution in [0.5, 0.6) is 0 Å². The minimum Gasteiger partial charge on any atom is -0.395 e. The number of nitrogens with zero attached hydrogens (tertiary/aromatic N) is 4. The molecule has 2 aromatic carbocycles. The van der Waals surface area contributed by atoms with E-state index in [1.54, 1.807) is 10.9 Å². The third-order valence-electron chi connectivity index (χ3n) is 3.91. The van der Waals surface area contributed by atoms with E-state index in [0.717, 1.165) is 16.8 Å². The van der Waals surface area contributed by atoms with Crippen LogP contribution in [0.3, 0.4) is 0 Å². The molecule has 2 heterocycles. The van der Waals surface area contributed by atoms with E-state index in [-0.39, 0.29) is 6.61 Å². The van der Waals surface area contributed by atoms with Crippen LogP contribution in [0.4, 0.5) is 17.5 Å². The van der Waals surface area contributed by atoms with E-state index in [1.807, 2.05) is 54.6 Å². The summed E-state index contributed by atoms with van der Waals surface area (Å²) in [5.74, 6) is 1.00. The molecule has 0 amide bonds. The van der Waals surface area contributed by atoms with Crippen molar-refractivity contribution in [3.8, 4) is 5.69 Å². The summed E-state index contributed by atoms with van der Waals surface area (Å²) in [5, 5.41) is 21.3. The lowest BCUT2D eigenvalue weighted by Gasteiger charge is -2.11. The number of rotatable bonds is 6. The van der Waals surface area contributed by atoms with Crippen molar-refractivity contribution in [1.29, 1.82) is 0 Å². The van der Waals surface area contributed by atoms with Crippen molar-refractivity contribution in [3.05, 3.63) is 65.8 Å². The highest BCUT2D eigenvalue weighted by atomic mass is 35.5. The van der Waals surface area contributed by atoms with Crippen LogP contribution in [0, 0.1) is 0 Å². The van der Waals surface area contributed by atoms with E-state index in [0.29, 0.717) is 29.0 Å². The molecule has 0 atom stereocenters. The molecule has 0 unspecified atom stereocenters. The minimum absolute atomic E-state index is 0.0175. The van der Waals surface area contributed by atoms with Crippen molar-refractivity contribution in [1.82, 2.24) is 19.7 Å². The minimum atomic E-state index is -0.0175. The summed E-state index contributed by atoms with van der Waals surface area (Å²) >= 11 is 6.08. The predicted molar refractivity (Wildman–Crippen MR) is 107 cm³/mol. The smallest absolute Gasteiger partial charge is 0.226 e. The Labute approximate surface area is 160 Å². The normalized spacial score (nSPS) is 10.9. The van der Waals surface area contributed by atoms with E-state index in [2.05, 4.69) is 25.7 Å². The summed E-state index contributed by atoms with van der Waals surface area (Å²) in [6.45, 7) is 0.331. The van der Waals surface area contributed by atoms with E-state index >= 15 is 0 Å². The number of hydrogen-bond donors (Lipinski definition) is 3. The maximum atomic E-state index is 9.10. The van der Waals surface area contributed by atoms with Crippen LogP contribution in [0.25, 0.3) is 16.7 Å². The molecule has 0 radical (unpaired) electrons. The van der Waals surface area contributed by atoms with E-state index < -0.39 is 0 Å². The Bertz CT molecular complexity index is 1070. The Morgan fingerprint density at radius 1 is 1.04 bits per heavy atom. The summed E-state index contributed by atoms with van der Waals surface area (Å²) in [7, 11) is 0. The lowest BCUT2D eigenvalue weighted by atomic mass is 10.3. The van der Waals surface area contributed by atoms with Gasteiger partial charge in [0.05, 0.1) is 23.9 Å². The zero-order chi connectivity index (χ0) is 18.6. The highest BCUT2D eigenvalue weighted by molar-refractivity contribution is 6.30. The van der Waals surface area contributed by atoms with Crippen molar-refractivity contribution in [3.63, 3.8) is 0 Å². The second-order valence-corrected chi connectivity index (χ2v) is 6.25. The van der Waals surface area contributed by atoms with Gasteiger partial charge in [-0.25, -0.2) is 4.68 Å². The molecule has 4 aromatic rings. The quantitative estimate of drug-likeness (QED) is 0.473. The van der Waals surface area contributed by atoms with Gasteiger partial charge in [-0.3, -0.25) is 0 Å². The predicted octanol–water partition coefficient (Wildman–Crippen LogP) is 3.62. The Morgan fingerprint density at radius 2 is 1.89 bits per heavy atom. The zero-order valence-electron chi connectivity index (χ0n) is 14.3. The Morgan fingerprint density at radius 3 is 2.67 bits per heavy atom. The van der Waals surface area contributed by atoms with Gasteiger partial charge >= 0.3 is 0 Å². The van der Waals surface area contributed by atoms with Crippen molar-refractivity contribution < 1.29 is 5.11 Å². The van der Waals surface area contributed by atoms with Crippen molar-refractivity contribution >= 4 is 40.1 Å². The van der Waals surface area contributed by atoms with Crippen LogP contribution in [-0.4, -0.2) is 38.0 Å². The number of hydrogen-bond acceptors (Lipinski definition) is 6.